The fourth-order valence-corrected chi connectivity index (χ4v) is 1.73. The van der Waals surface area contributed by atoms with E-state index in [0.717, 1.165) is 17.5 Å². The summed E-state index contributed by atoms with van der Waals surface area (Å²) in [6.45, 7) is 0.720. The molecule has 0 spiro atoms. The molecule has 0 aromatic carbocycles. The second kappa shape index (κ2) is 4.08. The number of nitrogens with one attached hydrogen (secondary N) is 2. The smallest absolute Gasteiger partial charge is 0.173 e. The van der Waals surface area contributed by atoms with Gasteiger partial charge in [-0.2, -0.15) is 0 Å². The molecule has 0 aromatic heterocycles. The molecule has 2 rings (SSSR count). The van der Waals surface area contributed by atoms with E-state index >= 15 is 0 Å². The van der Waals surface area contributed by atoms with Crippen molar-refractivity contribution in [1.29, 1.82) is 0 Å². The van der Waals surface area contributed by atoms with Crippen LogP contribution in [0.4, 0.5) is 0 Å². The van der Waals surface area contributed by atoms with E-state index in [4.69, 9.17) is 17.1 Å². The summed E-state index contributed by atoms with van der Waals surface area (Å²) >= 11 is 5.29. The molecule has 0 amide bonds. The van der Waals surface area contributed by atoms with Crippen LogP contribution in [-0.2, 0) is 4.84 Å². The molecule has 15 heavy (non-hydrogen) atoms. The monoisotopic (exact) mass is 226 g/mol. The molecule has 0 aromatic rings. The predicted octanol–water partition coefficient (Wildman–Crippen LogP) is -0.0459. The minimum absolute atomic E-state index is 0.00819. The Morgan fingerprint density at radius 3 is 3.00 bits per heavy atom. The molecule has 1 atom stereocenters. The van der Waals surface area contributed by atoms with E-state index in [1.165, 1.54) is 0 Å². The van der Waals surface area contributed by atoms with Crippen molar-refractivity contribution in [1.82, 2.24) is 20.6 Å². The van der Waals surface area contributed by atoms with Crippen molar-refractivity contribution >= 4 is 17.3 Å². The maximum absolute atomic E-state index is 5.31. The highest BCUT2D eigenvalue weighted by Crippen LogP contribution is 2.14. The molecule has 82 valence electrons. The van der Waals surface area contributed by atoms with Crippen LogP contribution in [-0.4, -0.2) is 41.8 Å². The van der Waals surface area contributed by atoms with E-state index in [1.54, 1.807) is 6.20 Å². The summed E-state index contributed by atoms with van der Waals surface area (Å²) in [6.07, 6.45) is 5.54. The predicted molar refractivity (Wildman–Crippen MR) is 61.4 cm³/mol. The second-order valence-electron chi connectivity index (χ2n) is 3.50. The van der Waals surface area contributed by atoms with E-state index in [9.17, 15) is 0 Å². The molecule has 2 aliphatic heterocycles. The SMILES string of the molecule is CN1CNC(C2=CC=CNO2)N(C)C1=S. The van der Waals surface area contributed by atoms with Crippen molar-refractivity contribution in [2.45, 2.75) is 6.17 Å². The van der Waals surface area contributed by atoms with Crippen molar-refractivity contribution in [3.8, 4) is 0 Å². The lowest BCUT2D eigenvalue weighted by molar-refractivity contribution is 0.0800. The van der Waals surface area contributed by atoms with Gasteiger partial charge in [-0.3, -0.25) is 5.32 Å². The van der Waals surface area contributed by atoms with Gasteiger partial charge < -0.3 is 14.6 Å². The molecule has 2 heterocycles. The van der Waals surface area contributed by atoms with Crippen molar-refractivity contribution in [3.05, 3.63) is 24.1 Å². The van der Waals surface area contributed by atoms with Gasteiger partial charge in [0.05, 0.1) is 6.67 Å². The maximum Gasteiger partial charge on any atom is 0.173 e. The van der Waals surface area contributed by atoms with Crippen LogP contribution in [0.15, 0.2) is 24.1 Å². The third kappa shape index (κ3) is 1.91. The molecule has 2 aliphatic rings. The molecular weight excluding hydrogens is 212 g/mol. The molecule has 1 fully saturated rings. The van der Waals surface area contributed by atoms with Gasteiger partial charge in [0.25, 0.3) is 0 Å². The quantitative estimate of drug-likeness (QED) is 0.611. The Morgan fingerprint density at radius 1 is 1.53 bits per heavy atom. The van der Waals surface area contributed by atoms with E-state index in [0.29, 0.717) is 0 Å². The first-order chi connectivity index (χ1) is 7.20. The molecular formula is C9H14N4OS. The molecule has 0 bridgehead atoms. The van der Waals surface area contributed by atoms with Crippen LogP contribution in [0.25, 0.3) is 0 Å². The molecule has 2 N–H and O–H groups in total. The Bertz CT molecular complexity index is 328. The first-order valence-corrected chi connectivity index (χ1v) is 5.11. The van der Waals surface area contributed by atoms with Crippen molar-refractivity contribution in [3.63, 3.8) is 0 Å². The van der Waals surface area contributed by atoms with Gasteiger partial charge in [0, 0.05) is 20.3 Å². The number of hydroxylamine groups is 1. The van der Waals surface area contributed by atoms with Crippen molar-refractivity contribution < 1.29 is 4.84 Å². The summed E-state index contributed by atoms with van der Waals surface area (Å²) in [4.78, 5) is 9.25. The summed E-state index contributed by atoms with van der Waals surface area (Å²) in [5, 5.41) is 4.12. The summed E-state index contributed by atoms with van der Waals surface area (Å²) in [5.41, 5.74) is 2.71. The molecule has 0 aliphatic carbocycles. The molecule has 0 saturated carbocycles. The van der Waals surface area contributed by atoms with Gasteiger partial charge in [0.1, 0.15) is 6.17 Å². The Kier molecular flexibility index (Phi) is 2.79. The molecule has 0 radical (unpaired) electrons. The van der Waals surface area contributed by atoms with Gasteiger partial charge in [0.15, 0.2) is 10.9 Å². The van der Waals surface area contributed by atoms with Crippen LogP contribution in [0.5, 0.6) is 0 Å². The van der Waals surface area contributed by atoms with E-state index < -0.39 is 0 Å². The zero-order valence-corrected chi connectivity index (χ0v) is 9.54. The Hall–Kier alpha value is -1.27. The normalized spacial score (nSPS) is 25.9. The van der Waals surface area contributed by atoms with E-state index in [1.807, 2.05) is 36.0 Å². The summed E-state index contributed by atoms with van der Waals surface area (Å²) < 4.78 is 0. The standard InChI is InChI=1S/C9H14N4OS/c1-12-6-10-8(13(2)9(12)15)7-4-3-5-11-14-7/h3-5,8,10-11H,6H2,1-2H3. The lowest BCUT2D eigenvalue weighted by atomic mass is 10.3. The Labute approximate surface area is 94.3 Å². The van der Waals surface area contributed by atoms with Gasteiger partial charge in [0.2, 0.25) is 0 Å². The minimum Gasteiger partial charge on any atom is -0.383 e. The third-order valence-corrected chi connectivity index (χ3v) is 3.01. The van der Waals surface area contributed by atoms with Crippen molar-refractivity contribution in [2.24, 2.45) is 0 Å². The third-order valence-electron chi connectivity index (χ3n) is 2.41. The summed E-state index contributed by atoms with van der Waals surface area (Å²) in [5.74, 6) is 0.815. The second-order valence-corrected chi connectivity index (χ2v) is 3.87. The number of likely N-dealkylation sites (N-methyl/N-ethyl adjacent to an activating group) is 1. The minimum atomic E-state index is -0.00819. The van der Waals surface area contributed by atoms with Crippen molar-refractivity contribution in [2.75, 3.05) is 20.8 Å². The molecule has 6 heteroatoms. The molecule has 1 saturated heterocycles. The van der Waals surface area contributed by atoms with Crippen LogP contribution in [0, 0.1) is 0 Å². The van der Waals surface area contributed by atoms with Gasteiger partial charge in [-0.1, -0.05) is 0 Å². The summed E-state index contributed by atoms with van der Waals surface area (Å²) in [7, 11) is 3.90. The van der Waals surface area contributed by atoms with Crippen LogP contribution in [0.2, 0.25) is 0 Å². The van der Waals surface area contributed by atoms with E-state index in [2.05, 4.69) is 10.8 Å². The van der Waals surface area contributed by atoms with Crippen LogP contribution in [0.1, 0.15) is 0 Å². The number of rotatable bonds is 1. The first-order valence-electron chi connectivity index (χ1n) is 4.70. The van der Waals surface area contributed by atoms with Gasteiger partial charge in [-0.25, -0.2) is 5.48 Å². The number of nitrogens with zero attached hydrogens (tertiary/aromatic N) is 2. The largest absolute Gasteiger partial charge is 0.383 e. The molecule has 5 nitrogen and oxygen atoms in total. The topological polar surface area (TPSA) is 39.8 Å². The van der Waals surface area contributed by atoms with Gasteiger partial charge in [-0.15, -0.1) is 0 Å². The van der Waals surface area contributed by atoms with Crippen LogP contribution in [0.3, 0.4) is 0 Å². The average Bonchev–Trinajstić information content (AvgIpc) is 2.27. The lowest BCUT2D eigenvalue weighted by Crippen LogP contribution is -2.60. The molecule has 1 unspecified atom stereocenters. The zero-order chi connectivity index (χ0) is 10.8. The fourth-order valence-electron chi connectivity index (χ4n) is 1.56. The van der Waals surface area contributed by atoms with Gasteiger partial charge in [-0.05, 0) is 24.4 Å². The first kappa shape index (κ1) is 10.3. The maximum atomic E-state index is 5.31. The summed E-state index contributed by atoms with van der Waals surface area (Å²) in [6, 6.07) is 0. The number of hydrogen-bond acceptors (Lipinski definition) is 4. The number of hydrogen-bond donors (Lipinski definition) is 2. The zero-order valence-electron chi connectivity index (χ0n) is 8.73. The number of thiocarbonyl (C=S) groups is 1. The van der Waals surface area contributed by atoms with Gasteiger partial charge >= 0.3 is 0 Å². The highest BCUT2D eigenvalue weighted by Gasteiger charge is 2.29. The Morgan fingerprint density at radius 2 is 2.33 bits per heavy atom. The highest BCUT2D eigenvalue weighted by atomic mass is 32.1. The highest BCUT2D eigenvalue weighted by molar-refractivity contribution is 7.80. The Balaban J connectivity index is 2.13. The average molecular weight is 226 g/mol. The lowest BCUT2D eigenvalue weighted by Gasteiger charge is -2.41. The number of allylic oxidation sites excluding steroid dienone is 2. The van der Waals surface area contributed by atoms with Crippen LogP contribution >= 0.6 is 12.2 Å². The van der Waals surface area contributed by atoms with Crippen LogP contribution < -0.4 is 10.8 Å². The van der Waals surface area contributed by atoms with E-state index in [-0.39, 0.29) is 6.17 Å². The fraction of sp³-hybridized carbons (Fsp3) is 0.444.